The first-order valence-corrected chi connectivity index (χ1v) is 7.10. The minimum atomic E-state index is -0.666. The molecule has 0 bridgehead atoms. The summed E-state index contributed by atoms with van der Waals surface area (Å²) in [5, 5.41) is 2.89. The molecule has 0 aromatic heterocycles. The molecule has 1 unspecified atom stereocenters. The van der Waals surface area contributed by atoms with Crippen LogP contribution in [0, 0.1) is 13.8 Å². The Morgan fingerprint density at radius 3 is 2.41 bits per heavy atom. The monoisotopic (exact) mass is 297 g/mol. The van der Waals surface area contributed by atoms with Gasteiger partial charge in [-0.1, -0.05) is 30.3 Å². The molecule has 0 radical (unpaired) electrons. The molecule has 114 valence electrons. The topological polar surface area (TPSA) is 55.4 Å². The number of hydrogen-bond acceptors (Lipinski definition) is 3. The van der Waals surface area contributed by atoms with Crippen LogP contribution in [0.2, 0.25) is 0 Å². The molecule has 1 atom stereocenters. The van der Waals surface area contributed by atoms with Gasteiger partial charge < -0.3 is 10.1 Å². The normalized spacial score (nSPS) is 11.6. The number of amides is 1. The van der Waals surface area contributed by atoms with Crippen LogP contribution in [-0.2, 0) is 4.79 Å². The van der Waals surface area contributed by atoms with Crippen LogP contribution in [-0.4, -0.2) is 18.3 Å². The van der Waals surface area contributed by atoms with Gasteiger partial charge in [0, 0.05) is 11.3 Å². The Morgan fingerprint density at radius 2 is 1.77 bits per heavy atom. The largest absolute Gasteiger partial charge is 0.481 e. The van der Waals surface area contributed by atoms with Crippen molar-refractivity contribution in [2.45, 2.75) is 26.9 Å². The number of carbonyl (C=O) groups excluding carboxylic acids is 2. The molecule has 0 saturated heterocycles. The highest BCUT2D eigenvalue weighted by Gasteiger charge is 2.16. The van der Waals surface area contributed by atoms with E-state index in [4.69, 9.17) is 4.74 Å². The van der Waals surface area contributed by atoms with Crippen LogP contribution in [0.3, 0.4) is 0 Å². The van der Waals surface area contributed by atoms with Gasteiger partial charge in [-0.25, -0.2) is 0 Å². The molecular formula is C18H19NO3. The van der Waals surface area contributed by atoms with Crippen LogP contribution in [0.5, 0.6) is 5.75 Å². The molecule has 0 fully saturated rings. The molecule has 0 saturated carbocycles. The van der Waals surface area contributed by atoms with E-state index in [-0.39, 0.29) is 5.91 Å². The number of benzene rings is 2. The number of hydrogen-bond donors (Lipinski definition) is 1. The van der Waals surface area contributed by atoms with Crippen molar-refractivity contribution in [1.82, 2.24) is 0 Å². The van der Waals surface area contributed by atoms with Gasteiger partial charge in [-0.3, -0.25) is 9.59 Å². The van der Waals surface area contributed by atoms with E-state index in [0.29, 0.717) is 11.3 Å². The van der Waals surface area contributed by atoms with E-state index in [2.05, 4.69) is 5.32 Å². The van der Waals surface area contributed by atoms with Gasteiger partial charge in [-0.05, 0) is 44.0 Å². The van der Waals surface area contributed by atoms with Gasteiger partial charge in [0.05, 0.1) is 0 Å². The molecule has 22 heavy (non-hydrogen) atoms. The first-order valence-electron chi connectivity index (χ1n) is 7.10. The molecule has 1 amide bonds. The SMILES string of the molecule is Cc1cccc(C)c1NC(=O)C(C)Oc1cccc(C=O)c1. The summed E-state index contributed by atoms with van der Waals surface area (Å²) < 4.78 is 5.60. The van der Waals surface area contributed by atoms with Crippen LogP contribution < -0.4 is 10.1 Å². The Labute approximate surface area is 130 Å². The molecule has 2 aromatic rings. The van der Waals surface area contributed by atoms with Crippen molar-refractivity contribution >= 4 is 17.9 Å². The molecule has 0 heterocycles. The minimum Gasteiger partial charge on any atom is -0.481 e. The van der Waals surface area contributed by atoms with Crippen molar-refractivity contribution < 1.29 is 14.3 Å². The zero-order chi connectivity index (χ0) is 16.1. The second-order valence-electron chi connectivity index (χ2n) is 5.21. The first-order chi connectivity index (χ1) is 10.5. The summed E-state index contributed by atoms with van der Waals surface area (Å²) in [5.74, 6) is 0.266. The van der Waals surface area contributed by atoms with E-state index in [9.17, 15) is 9.59 Å². The number of para-hydroxylation sites is 1. The fourth-order valence-corrected chi connectivity index (χ4v) is 2.16. The average molecular weight is 297 g/mol. The van der Waals surface area contributed by atoms with E-state index >= 15 is 0 Å². The lowest BCUT2D eigenvalue weighted by Crippen LogP contribution is -2.30. The average Bonchev–Trinajstić information content (AvgIpc) is 2.51. The summed E-state index contributed by atoms with van der Waals surface area (Å²) in [5.41, 5.74) is 3.33. The standard InChI is InChI=1S/C18H19NO3/c1-12-6-4-7-13(2)17(12)19-18(21)14(3)22-16-9-5-8-15(10-16)11-20/h4-11,14H,1-3H3,(H,19,21). The highest BCUT2D eigenvalue weighted by atomic mass is 16.5. The third-order valence-corrected chi connectivity index (χ3v) is 3.41. The Bertz CT molecular complexity index is 674. The molecule has 0 aliphatic rings. The second-order valence-corrected chi connectivity index (χ2v) is 5.21. The van der Waals surface area contributed by atoms with Crippen LogP contribution in [0.4, 0.5) is 5.69 Å². The molecule has 2 rings (SSSR count). The number of aldehydes is 1. The van der Waals surface area contributed by atoms with E-state index in [1.165, 1.54) is 0 Å². The summed E-state index contributed by atoms with van der Waals surface area (Å²) in [6, 6.07) is 12.6. The molecule has 1 N–H and O–H groups in total. The molecular weight excluding hydrogens is 278 g/mol. The van der Waals surface area contributed by atoms with Crippen molar-refractivity contribution in [2.75, 3.05) is 5.32 Å². The number of carbonyl (C=O) groups is 2. The van der Waals surface area contributed by atoms with Crippen molar-refractivity contribution in [2.24, 2.45) is 0 Å². The molecule has 0 aliphatic carbocycles. The van der Waals surface area contributed by atoms with Gasteiger partial charge in [0.2, 0.25) is 0 Å². The van der Waals surface area contributed by atoms with Gasteiger partial charge in [0.1, 0.15) is 12.0 Å². The lowest BCUT2D eigenvalue weighted by atomic mass is 10.1. The van der Waals surface area contributed by atoms with Gasteiger partial charge in [-0.2, -0.15) is 0 Å². The second kappa shape index (κ2) is 6.89. The van der Waals surface area contributed by atoms with Gasteiger partial charge in [0.15, 0.2) is 6.10 Å². The minimum absolute atomic E-state index is 0.228. The maximum atomic E-state index is 12.3. The summed E-state index contributed by atoms with van der Waals surface area (Å²) >= 11 is 0. The Balaban J connectivity index is 2.07. The molecule has 0 spiro atoms. The summed E-state index contributed by atoms with van der Waals surface area (Å²) in [4.78, 5) is 23.0. The van der Waals surface area contributed by atoms with E-state index in [1.807, 2.05) is 32.0 Å². The zero-order valence-corrected chi connectivity index (χ0v) is 12.9. The van der Waals surface area contributed by atoms with Gasteiger partial charge >= 0.3 is 0 Å². The Morgan fingerprint density at radius 1 is 1.14 bits per heavy atom. The summed E-state index contributed by atoms with van der Waals surface area (Å²) in [6.45, 7) is 5.57. The van der Waals surface area contributed by atoms with Crippen molar-refractivity contribution in [3.63, 3.8) is 0 Å². The van der Waals surface area contributed by atoms with E-state index in [0.717, 1.165) is 23.1 Å². The summed E-state index contributed by atoms with van der Waals surface area (Å²) in [6.07, 6.45) is 0.0785. The van der Waals surface area contributed by atoms with Crippen LogP contribution >= 0.6 is 0 Å². The molecule has 4 heteroatoms. The molecule has 4 nitrogen and oxygen atoms in total. The smallest absolute Gasteiger partial charge is 0.265 e. The lowest BCUT2D eigenvalue weighted by Gasteiger charge is -2.17. The number of rotatable bonds is 5. The van der Waals surface area contributed by atoms with E-state index < -0.39 is 6.10 Å². The zero-order valence-electron chi connectivity index (χ0n) is 12.9. The number of anilines is 1. The fraction of sp³-hybridized carbons (Fsp3) is 0.222. The summed E-state index contributed by atoms with van der Waals surface area (Å²) in [7, 11) is 0. The first kappa shape index (κ1) is 15.8. The molecule has 0 aliphatic heterocycles. The highest BCUT2D eigenvalue weighted by Crippen LogP contribution is 2.20. The Hall–Kier alpha value is -2.62. The third kappa shape index (κ3) is 3.73. The van der Waals surface area contributed by atoms with Gasteiger partial charge in [0.25, 0.3) is 5.91 Å². The van der Waals surface area contributed by atoms with E-state index in [1.54, 1.807) is 31.2 Å². The number of nitrogens with one attached hydrogen (secondary N) is 1. The maximum Gasteiger partial charge on any atom is 0.265 e. The predicted molar refractivity (Wildman–Crippen MR) is 86.5 cm³/mol. The molecule has 2 aromatic carbocycles. The van der Waals surface area contributed by atoms with Crippen LogP contribution in [0.25, 0.3) is 0 Å². The third-order valence-electron chi connectivity index (χ3n) is 3.41. The number of aryl methyl sites for hydroxylation is 2. The van der Waals surface area contributed by atoms with Crippen LogP contribution in [0.15, 0.2) is 42.5 Å². The van der Waals surface area contributed by atoms with Crippen molar-refractivity contribution in [3.05, 3.63) is 59.2 Å². The van der Waals surface area contributed by atoms with Crippen LogP contribution in [0.1, 0.15) is 28.4 Å². The maximum absolute atomic E-state index is 12.3. The highest BCUT2D eigenvalue weighted by molar-refractivity contribution is 5.95. The lowest BCUT2D eigenvalue weighted by molar-refractivity contribution is -0.122. The van der Waals surface area contributed by atoms with Crippen molar-refractivity contribution in [3.8, 4) is 5.75 Å². The number of ether oxygens (including phenoxy) is 1. The van der Waals surface area contributed by atoms with Crippen molar-refractivity contribution in [1.29, 1.82) is 0 Å². The predicted octanol–water partition coefficient (Wildman–Crippen LogP) is 3.52. The Kier molecular flexibility index (Phi) is 4.94. The van der Waals surface area contributed by atoms with Gasteiger partial charge in [-0.15, -0.1) is 0 Å². The quantitative estimate of drug-likeness (QED) is 0.859. The fourth-order valence-electron chi connectivity index (χ4n) is 2.16.